The number of ether oxygens (including phenoxy) is 1. The highest BCUT2D eigenvalue weighted by Crippen LogP contribution is 2.24. The zero-order valence-corrected chi connectivity index (χ0v) is 16.1. The SMILES string of the molecule is COC(=O)c1cccc(NC(=O)c2cc3occc3n2Cc2ccc(C)cc2)c1. The summed E-state index contributed by atoms with van der Waals surface area (Å²) in [6, 6.07) is 18.4. The minimum atomic E-state index is -0.457. The van der Waals surface area contributed by atoms with Crippen molar-refractivity contribution in [3.05, 3.63) is 89.3 Å². The Morgan fingerprint density at radius 2 is 1.86 bits per heavy atom. The second kappa shape index (κ2) is 7.67. The van der Waals surface area contributed by atoms with Crippen LogP contribution in [0.1, 0.15) is 32.0 Å². The van der Waals surface area contributed by atoms with E-state index in [2.05, 4.69) is 5.32 Å². The Bertz CT molecular complexity index is 1190. The van der Waals surface area contributed by atoms with Crippen LogP contribution in [-0.4, -0.2) is 23.6 Å². The fraction of sp³-hybridized carbons (Fsp3) is 0.130. The molecule has 0 atom stereocenters. The number of benzene rings is 2. The molecule has 2 aromatic heterocycles. The van der Waals surface area contributed by atoms with Gasteiger partial charge in [0.15, 0.2) is 5.58 Å². The van der Waals surface area contributed by atoms with E-state index in [1.54, 1.807) is 36.6 Å². The van der Waals surface area contributed by atoms with Crippen LogP contribution >= 0.6 is 0 Å². The van der Waals surface area contributed by atoms with E-state index in [0.29, 0.717) is 29.1 Å². The van der Waals surface area contributed by atoms with Crippen molar-refractivity contribution >= 4 is 28.7 Å². The average molecular weight is 388 g/mol. The van der Waals surface area contributed by atoms with Gasteiger partial charge in [0.05, 0.1) is 24.5 Å². The third kappa shape index (κ3) is 3.78. The van der Waals surface area contributed by atoms with Crippen molar-refractivity contribution in [1.29, 1.82) is 0 Å². The Kier molecular flexibility index (Phi) is 4.91. The Morgan fingerprint density at radius 1 is 1.07 bits per heavy atom. The fourth-order valence-corrected chi connectivity index (χ4v) is 3.25. The van der Waals surface area contributed by atoms with Gasteiger partial charge < -0.3 is 19.0 Å². The molecule has 0 saturated carbocycles. The van der Waals surface area contributed by atoms with Crippen LogP contribution in [0.25, 0.3) is 11.1 Å². The number of methoxy groups -OCH3 is 1. The van der Waals surface area contributed by atoms with Crippen LogP contribution in [0.2, 0.25) is 0 Å². The lowest BCUT2D eigenvalue weighted by molar-refractivity contribution is 0.0600. The topological polar surface area (TPSA) is 73.5 Å². The molecule has 0 aliphatic heterocycles. The lowest BCUT2D eigenvalue weighted by Crippen LogP contribution is -2.18. The fourth-order valence-electron chi connectivity index (χ4n) is 3.25. The summed E-state index contributed by atoms with van der Waals surface area (Å²) in [4.78, 5) is 24.7. The molecule has 2 aromatic carbocycles. The number of carbonyl (C=O) groups excluding carboxylic acids is 2. The van der Waals surface area contributed by atoms with Gasteiger partial charge in [-0.25, -0.2) is 4.79 Å². The first-order valence-electron chi connectivity index (χ1n) is 9.17. The van der Waals surface area contributed by atoms with Gasteiger partial charge in [0, 0.05) is 24.4 Å². The molecule has 0 unspecified atom stereocenters. The van der Waals surface area contributed by atoms with E-state index in [4.69, 9.17) is 9.15 Å². The number of amides is 1. The maximum absolute atomic E-state index is 13.0. The smallest absolute Gasteiger partial charge is 0.337 e. The summed E-state index contributed by atoms with van der Waals surface area (Å²) >= 11 is 0. The predicted octanol–water partition coefficient (Wildman–Crippen LogP) is 4.63. The summed E-state index contributed by atoms with van der Waals surface area (Å²) in [6.45, 7) is 2.57. The molecule has 2 heterocycles. The van der Waals surface area contributed by atoms with E-state index in [1.807, 2.05) is 41.8 Å². The van der Waals surface area contributed by atoms with E-state index in [1.165, 1.54) is 12.7 Å². The number of carbonyl (C=O) groups is 2. The molecule has 0 saturated heterocycles. The molecule has 6 heteroatoms. The first kappa shape index (κ1) is 18.6. The molecule has 0 radical (unpaired) electrons. The monoisotopic (exact) mass is 388 g/mol. The summed E-state index contributed by atoms with van der Waals surface area (Å²) in [5, 5.41) is 2.85. The maximum atomic E-state index is 13.0. The highest BCUT2D eigenvalue weighted by Gasteiger charge is 2.18. The van der Waals surface area contributed by atoms with Gasteiger partial charge in [-0.05, 0) is 30.7 Å². The molecule has 6 nitrogen and oxygen atoms in total. The minimum absolute atomic E-state index is 0.287. The number of esters is 1. The number of rotatable bonds is 5. The van der Waals surface area contributed by atoms with Crippen LogP contribution in [0.5, 0.6) is 0 Å². The molecule has 29 heavy (non-hydrogen) atoms. The third-order valence-corrected chi connectivity index (χ3v) is 4.76. The third-order valence-electron chi connectivity index (χ3n) is 4.76. The number of hydrogen-bond acceptors (Lipinski definition) is 4. The standard InChI is InChI=1S/C23H20N2O4/c1-15-6-8-16(9-7-15)14-25-19-10-11-29-21(19)13-20(25)22(26)24-18-5-3-4-17(12-18)23(27)28-2/h3-13H,14H2,1-2H3,(H,24,26). The normalized spacial score (nSPS) is 10.8. The molecule has 4 aromatic rings. The molecule has 4 rings (SSSR count). The number of fused-ring (bicyclic) bond motifs is 1. The Balaban J connectivity index is 1.65. The zero-order valence-electron chi connectivity index (χ0n) is 16.1. The van der Waals surface area contributed by atoms with Gasteiger partial charge in [-0.15, -0.1) is 0 Å². The molecule has 1 amide bonds. The molecule has 0 fully saturated rings. The van der Waals surface area contributed by atoms with Crippen molar-refractivity contribution in [3.8, 4) is 0 Å². The summed E-state index contributed by atoms with van der Waals surface area (Å²) in [5.74, 6) is -0.744. The summed E-state index contributed by atoms with van der Waals surface area (Å²) in [7, 11) is 1.32. The first-order valence-corrected chi connectivity index (χ1v) is 9.17. The quantitative estimate of drug-likeness (QED) is 0.506. The molecule has 0 spiro atoms. The second-order valence-electron chi connectivity index (χ2n) is 6.80. The zero-order chi connectivity index (χ0) is 20.4. The van der Waals surface area contributed by atoms with Crippen LogP contribution in [0, 0.1) is 6.92 Å². The number of nitrogens with zero attached hydrogens (tertiary/aromatic N) is 1. The van der Waals surface area contributed by atoms with Crippen molar-refractivity contribution in [1.82, 2.24) is 4.57 Å². The van der Waals surface area contributed by atoms with E-state index in [9.17, 15) is 9.59 Å². The van der Waals surface area contributed by atoms with Crippen molar-refractivity contribution in [2.75, 3.05) is 12.4 Å². The molecular formula is C23H20N2O4. The van der Waals surface area contributed by atoms with Crippen molar-refractivity contribution in [3.63, 3.8) is 0 Å². The van der Waals surface area contributed by atoms with Gasteiger partial charge in [0.25, 0.3) is 5.91 Å². The maximum Gasteiger partial charge on any atom is 0.337 e. The molecule has 0 aliphatic rings. The van der Waals surface area contributed by atoms with Gasteiger partial charge in [0.1, 0.15) is 5.69 Å². The van der Waals surface area contributed by atoms with E-state index in [0.717, 1.165) is 11.1 Å². The van der Waals surface area contributed by atoms with Gasteiger partial charge >= 0.3 is 5.97 Å². The summed E-state index contributed by atoms with van der Waals surface area (Å²) in [5.41, 5.74) is 5.11. The van der Waals surface area contributed by atoms with E-state index < -0.39 is 5.97 Å². The highest BCUT2D eigenvalue weighted by atomic mass is 16.5. The largest absolute Gasteiger partial charge is 0.465 e. The van der Waals surface area contributed by atoms with Gasteiger partial charge in [-0.1, -0.05) is 35.9 Å². The number of nitrogens with one attached hydrogen (secondary N) is 1. The lowest BCUT2D eigenvalue weighted by Gasteiger charge is -2.11. The summed E-state index contributed by atoms with van der Waals surface area (Å²) < 4.78 is 12.2. The van der Waals surface area contributed by atoms with Gasteiger partial charge in [0.2, 0.25) is 0 Å². The first-order chi connectivity index (χ1) is 14.0. The van der Waals surface area contributed by atoms with Crippen molar-refractivity contribution < 1.29 is 18.7 Å². The number of anilines is 1. The predicted molar refractivity (Wildman–Crippen MR) is 110 cm³/mol. The lowest BCUT2D eigenvalue weighted by atomic mass is 10.1. The van der Waals surface area contributed by atoms with Crippen LogP contribution in [-0.2, 0) is 11.3 Å². The Hall–Kier alpha value is -3.80. The van der Waals surface area contributed by atoms with E-state index >= 15 is 0 Å². The van der Waals surface area contributed by atoms with Crippen molar-refractivity contribution in [2.24, 2.45) is 0 Å². The van der Waals surface area contributed by atoms with Crippen LogP contribution in [0.4, 0.5) is 5.69 Å². The number of aromatic nitrogens is 1. The average Bonchev–Trinajstić information content (AvgIpc) is 3.32. The number of aryl methyl sites for hydroxylation is 1. The Labute approximate surface area is 167 Å². The molecular weight excluding hydrogens is 368 g/mol. The molecule has 0 aliphatic carbocycles. The number of furan rings is 1. The van der Waals surface area contributed by atoms with Gasteiger partial charge in [-0.3, -0.25) is 4.79 Å². The van der Waals surface area contributed by atoms with Gasteiger partial charge in [-0.2, -0.15) is 0 Å². The van der Waals surface area contributed by atoms with Crippen LogP contribution in [0.15, 0.2) is 71.3 Å². The molecule has 1 N–H and O–H groups in total. The minimum Gasteiger partial charge on any atom is -0.465 e. The van der Waals surface area contributed by atoms with Crippen LogP contribution < -0.4 is 5.32 Å². The molecule has 0 bridgehead atoms. The van der Waals surface area contributed by atoms with E-state index in [-0.39, 0.29) is 5.91 Å². The highest BCUT2D eigenvalue weighted by molar-refractivity contribution is 6.06. The number of hydrogen-bond donors (Lipinski definition) is 1. The Morgan fingerprint density at radius 3 is 2.62 bits per heavy atom. The molecule has 146 valence electrons. The summed E-state index contributed by atoms with van der Waals surface area (Å²) in [6.07, 6.45) is 1.61. The second-order valence-corrected chi connectivity index (χ2v) is 6.80. The van der Waals surface area contributed by atoms with Crippen LogP contribution in [0.3, 0.4) is 0 Å². The van der Waals surface area contributed by atoms with Crippen molar-refractivity contribution in [2.45, 2.75) is 13.5 Å².